The molecule has 5 atom stereocenters. The molecule has 100 valence electrons. The minimum atomic E-state index is -1.35. The molecule has 0 bridgehead atoms. The van der Waals surface area contributed by atoms with Gasteiger partial charge in [-0.15, -0.1) is 0 Å². The molecule has 6 nitrogen and oxygen atoms in total. The lowest BCUT2D eigenvalue weighted by atomic mass is 9.98. The topological polar surface area (TPSA) is 94.0 Å². The first kappa shape index (κ1) is 13.4. The quantitative estimate of drug-likeness (QED) is 0.471. The average molecular weight is 256 g/mol. The van der Waals surface area contributed by atoms with Crippen LogP contribution in [0, 0.1) is 6.92 Å². The van der Waals surface area contributed by atoms with Crippen LogP contribution in [0.1, 0.15) is 11.8 Å². The largest absolute Gasteiger partial charge is 0.394 e. The number of hydrogen-bond acceptors (Lipinski definition) is 5. The number of aromatic nitrogens is 1. The Morgan fingerprint density at radius 1 is 1.22 bits per heavy atom. The summed E-state index contributed by atoms with van der Waals surface area (Å²) in [5, 5.41) is 38.4. The van der Waals surface area contributed by atoms with Gasteiger partial charge in [-0.1, -0.05) is 0 Å². The highest BCUT2D eigenvalue weighted by atomic mass is 16.6. The van der Waals surface area contributed by atoms with E-state index in [4.69, 9.17) is 9.84 Å². The zero-order chi connectivity index (χ0) is 13.3. The monoisotopic (exact) mass is 256 g/mol. The predicted octanol–water partition coefficient (Wildman–Crippen LogP) is -1.75. The van der Waals surface area contributed by atoms with Gasteiger partial charge in [-0.2, -0.15) is 4.57 Å². The average Bonchev–Trinajstić information content (AvgIpc) is 2.36. The van der Waals surface area contributed by atoms with Crippen molar-refractivity contribution in [2.24, 2.45) is 0 Å². The van der Waals surface area contributed by atoms with Crippen molar-refractivity contribution in [3.63, 3.8) is 0 Å². The lowest BCUT2D eigenvalue weighted by Crippen LogP contribution is -2.62. The van der Waals surface area contributed by atoms with Crippen molar-refractivity contribution in [3.8, 4) is 0 Å². The fourth-order valence-electron chi connectivity index (χ4n) is 2.10. The Bertz CT molecular complexity index is 411. The molecular weight excluding hydrogens is 238 g/mol. The summed E-state index contributed by atoms with van der Waals surface area (Å²) in [7, 11) is 0. The number of hydrogen-bond donors (Lipinski definition) is 4. The predicted molar refractivity (Wildman–Crippen MR) is 60.4 cm³/mol. The molecular formula is C12H18NO5+. The van der Waals surface area contributed by atoms with Gasteiger partial charge in [-0.05, 0) is 13.0 Å². The van der Waals surface area contributed by atoms with Gasteiger partial charge < -0.3 is 25.2 Å². The Morgan fingerprint density at radius 3 is 2.56 bits per heavy atom. The summed E-state index contributed by atoms with van der Waals surface area (Å²) in [5.74, 6) is 0. The van der Waals surface area contributed by atoms with Crippen molar-refractivity contribution in [1.29, 1.82) is 0 Å². The molecule has 1 aliphatic heterocycles. The van der Waals surface area contributed by atoms with Crippen molar-refractivity contribution in [1.82, 2.24) is 0 Å². The van der Waals surface area contributed by atoms with Gasteiger partial charge >= 0.3 is 0 Å². The van der Waals surface area contributed by atoms with E-state index >= 15 is 0 Å². The van der Waals surface area contributed by atoms with E-state index in [1.54, 1.807) is 23.0 Å². The van der Waals surface area contributed by atoms with Gasteiger partial charge in [0, 0.05) is 11.6 Å². The smallest absolute Gasteiger partial charge is 0.292 e. The van der Waals surface area contributed by atoms with Crippen LogP contribution in [0.25, 0.3) is 0 Å². The minimum absolute atomic E-state index is 0.423. The highest BCUT2D eigenvalue weighted by molar-refractivity contribution is 5.01. The third-order valence-electron chi connectivity index (χ3n) is 3.13. The van der Waals surface area contributed by atoms with Crippen molar-refractivity contribution >= 4 is 0 Å². The molecule has 2 heterocycles. The molecule has 0 radical (unpaired) electrons. The molecule has 1 aromatic heterocycles. The number of rotatable bonds is 2. The number of nitrogens with zero attached hydrogens (tertiary/aromatic N) is 1. The van der Waals surface area contributed by atoms with E-state index in [1.807, 2.05) is 13.0 Å². The van der Waals surface area contributed by atoms with Gasteiger partial charge in [0.05, 0.1) is 6.61 Å². The van der Waals surface area contributed by atoms with E-state index in [-0.39, 0.29) is 0 Å². The minimum Gasteiger partial charge on any atom is -0.394 e. The van der Waals surface area contributed by atoms with Gasteiger partial charge in [-0.25, -0.2) is 0 Å². The number of pyridine rings is 1. The third-order valence-corrected chi connectivity index (χ3v) is 3.13. The van der Waals surface area contributed by atoms with Crippen molar-refractivity contribution in [2.45, 2.75) is 37.6 Å². The van der Waals surface area contributed by atoms with Gasteiger partial charge in [0.25, 0.3) is 6.23 Å². The van der Waals surface area contributed by atoms with Gasteiger partial charge in [0.1, 0.15) is 18.3 Å². The molecule has 1 aliphatic rings. The van der Waals surface area contributed by atoms with Crippen LogP contribution >= 0.6 is 0 Å². The number of aliphatic hydroxyl groups is 4. The van der Waals surface area contributed by atoms with Crippen LogP contribution in [-0.4, -0.2) is 51.4 Å². The van der Waals surface area contributed by atoms with E-state index in [2.05, 4.69) is 0 Å². The zero-order valence-electron chi connectivity index (χ0n) is 10.0. The molecule has 6 heteroatoms. The standard InChI is InChI=1S/C12H18NO5/c1-7-3-2-4-13(5-7)12-11(17)10(16)9(15)8(6-14)18-12/h2-5,8-12,14-17H,6H2,1H3/q+1/t8-,9-,10+,11-,12-/m1/s1. The zero-order valence-corrected chi connectivity index (χ0v) is 10.0. The van der Waals surface area contributed by atoms with Crippen LogP contribution in [0.2, 0.25) is 0 Å². The fraction of sp³-hybridized carbons (Fsp3) is 0.583. The number of aryl methyl sites for hydroxylation is 1. The van der Waals surface area contributed by atoms with Crippen molar-refractivity contribution < 1.29 is 29.7 Å². The van der Waals surface area contributed by atoms with Crippen LogP contribution in [0.4, 0.5) is 0 Å². The molecule has 0 amide bonds. The summed E-state index contributed by atoms with van der Waals surface area (Å²) in [6, 6.07) is 3.68. The molecule has 18 heavy (non-hydrogen) atoms. The highest BCUT2D eigenvalue weighted by Gasteiger charge is 2.47. The van der Waals surface area contributed by atoms with Crippen LogP contribution in [0.15, 0.2) is 24.5 Å². The maximum atomic E-state index is 9.93. The van der Waals surface area contributed by atoms with E-state index in [0.717, 1.165) is 5.56 Å². The second kappa shape index (κ2) is 5.29. The summed E-state index contributed by atoms with van der Waals surface area (Å²) < 4.78 is 7.03. The Hall–Kier alpha value is -1.05. The molecule has 0 unspecified atom stereocenters. The normalized spacial score (nSPS) is 36.6. The maximum Gasteiger partial charge on any atom is 0.292 e. The van der Waals surface area contributed by atoms with Crippen molar-refractivity contribution in [3.05, 3.63) is 30.1 Å². The molecule has 4 N–H and O–H groups in total. The second-order valence-corrected chi connectivity index (χ2v) is 4.55. The van der Waals surface area contributed by atoms with E-state index < -0.39 is 37.3 Å². The van der Waals surface area contributed by atoms with Crippen LogP contribution < -0.4 is 4.57 Å². The number of aliphatic hydroxyl groups excluding tert-OH is 4. The van der Waals surface area contributed by atoms with Gasteiger partial charge in [0.15, 0.2) is 18.5 Å². The molecule has 0 spiro atoms. The molecule has 1 saturated heterocycles. The summed E-state index contributed by atoms with van der Waals surface area (Å²) in [5.41, 5.74) is 0.967. The molecule has 0 saturated carbocycles. The van der Waals surface area contributed by atoms with Crippen LogP contribution in [0.5, 0.6) is 0 Å². The van der Waals surface area contributed by atoms with Crippen LogP contribution in [-0.2, 0) is 4.74 Å². The summed E-state index contributed by atoms with van der Waals surface area (Å²) in [4.78, 5) is 0. The first-order valence-electron chi connectivity index (χ1n) is 5.82. The SMILES string of the molecule is Cc1ccc[n+]([C@@H]2O[C@H](CO)[C@@H](O)[C@H](O)[C@H]2O)c1. The molecule has 2 rings (SSSR count). The third kappa shape index (κ3) is 2.38. The van der Waals surface area contributed by atoms with Crippen molar-refractivity contribution in [2.75, 3.05) is 6.61 Å². The first-order chi connectivity index (χ1) is 8.54. The Morgan fingerprint density at radius 2 is 1.94 bits per heavy atom. The lowest BCUT2D eigenvalue weighted by Gasteiger charge is -2.36. The highest BCUT2D eigenvalue weighted by Crippen LogP contribution is 2.24. The lowest BCUT2D eigenvalue weighted by molar-refractivity contribution is -0.778. The molecule has 0 aliphatic carbocycles. The Kier molecular flexibility index (Phi) is 3.94. The van der Waals surface area contributed by atoms with E-state index in [0.29, 0.717) is 0 Å². The Labute approximate surface area is 105 Å². The molecule has 1 fully saturated rings. The first-order valence-corrected chi connectivity index (χ1v) is 5.82. The van der Waals surface area contributed by atoms with Gasteiger partial charge in [0.2, 0.25) is 0 Å². The summed E-state index contributed by atoms with van der Waals surface area (Å²) >= 11 is 0. The molecule has 0 aromatic carbocycles. The second-order valence-electron chi connectivity index (χ2n) is 4.55. The fourth-order valence-corrected chi connectivity index (χ4v) is 2.10. The summed E-state index contributed by atoms with van der Waals surface area (Å²) in [6.07, 6.45) is -2.20. The summed E-state index contributed by atoms with van der Waals surface area (Å²) in [6.45, 7) is 1.47. The van der Waals surface area contributed by atoms with E-state index in [1.165, 1.54) is 0 Å². The van der Waals surface area contributed by atoms with Crippen LogP contribution in [0.3, 0.4) is 0 Å². The van der Waals surface area contributed by atoms with E-state index in [9.17, 15) is 15.3 Å². The van der Waals surface area contributed by atoms with Gasteiger partial charge in [-0.3, -0.25) is 0 Å². The molecule has 1 aromatic rings. The Balaban J connectivity index is 2.27. The number of ether oxygens (including phenoxy) is 1. The maximum absolute atomic E-state index is 9.93.